The predicted molar refractivity (Wildman–Crippen MR) is 89.6 cm³/mol. The maximum Gasteiger partial charge on any atom is 0.0619 e. The van der Waals surface area contributed by atoms with Crippen molar-refractivity contribution in [2.45, 2.75) is 71.9 Å². The molecular formula is C19H31NO. The van der Waals surface area contributed by atoms with Crippen LogP contribution in [0.1, 0.15) is 68.8 Å². The average molecular weight is 289 g/mol. The minimum Gasteiger partial charge on any atom is -0.378 e. The van der Waals surface area contributed by atoms with Crippen molar-refractivity contribution in [1.82, 2.24) is 0 Å². The zero-order valence-corrected chi connectivity index (χ0v) is 14.1. The number of ether oxygens (including phenoxy) is 1. The van der Waals surface area contributed by atoms with Gasteiger partial charge in [-0.25, -0.2) is 0 Å². The molecule has 2 N–H and O–H groups in total. The third-order valence-electron chi connectivity index (χ3n) is 5.04. The van der Waals surface area contributed by atoms with E-state index >= 15 is 0 Å². The lowest BCUT2D eigenvalue weighted by Gasteiger charge is -2.28. The first-order chi connectivity index (χ1) is 10.2. The van der Waals surface area contributed by atoms with Crippen LogP contribution in [0.5, 0.6) is 0 Å². The van der Waals surface area contributed by atoms with E-state index in [1.807, 2.05) is 0 Å². The quantitative estimate of drug-likeness (QED) is 0.852. The first kappa shape index (κ1) is 16.5. The molecule has 1 aromatic rings. The number of hydrogen-bond acceptors (Lipinski definition) is 2. The van der Waals surface area contributed by atoms with Crippen molar-refractivity contribution in [1.29, 1.82) is 0 Å². The predicted octanol–water partition coefficient (Wildman–Crippen LogP) is 4.19. The molecule has 0 bridgehead atoms. The van der Waals surface area contributed by atoms with Crippen LogP contribution in [0.2, 0.25) is 0 Å². The lowest BCUT2D eigenvalue weighted by molar-refractivity contribution is 0.0812. The fourth-order valence-corrected chi connectivity index (χ4v) is 3.78. The Kier molecular flexibility index (Phi) is 5.83. The normalized spacial score (nSPS) is 23.5. The first-order valence-electron chi connectivity index (χ1n) is 8.67. The van der Waals surface area contributed by atoms with Crippen LogP contribution in [0.3, 0.4) is 0 Å². The van der Waals surface area contributed by atoms with Gasteiger partial charge in [-0.05, 0) is 54.4 Å². The van der Waals surface area contributed by atoms with Crippen LogP contribution in [0.25, 0.3) is 0 Å². The van der Waals surface area contributed by atoms with Crippen molar-refractivity contribution in [2.75, 3.05) is 6.61 Å². The first-order valence-corrected chi connectivity index (χ1v) is 8.67. The van der Waals surface area contributed by atoms with E-state index in [0.717, 1.165) is 38.7 Å². The van der Waals surface area contributed by atoms with Gasteiger partial charge in [0, 0.05) is 18.6 Å². The summed E-state index contributed by atoms with van der Waals surface area (Å²) in [4.78, 5) is 0. The molecule has 2 rings (SSSR count). The summed E-state index contributed by atoms with van der Waals surface area (Å²) in [6, 6.07) is 4.85. The summed E-state index contributed by atoms with van der Waals surface area (Å²) in [6.45, 7) is 9.79. The summed E-state index contributed by atoms with van der Waals surface area (Å²) in [5.41, 5.74) is 12.5. The minimum absolute atomic E-state index is 0.119. The van der Waals surface area contributed by atoms with Gasteiger partial charge in [-0.2, -0.15) is 0 Å². The van der Waals surface area contributed by atoms with E-state index in [-0.39, 0.29) is 6.04 Å². The van der Waals surface area contributed by atoms with Gasteiger partial charge in [0.2, 0.25) is 0 Å². The molecule has 2 heteroatoms. The van der Waals surface area contributed by atoms with Crippen LogP contribution in [0.4, 0.5) is 0 Å². The van der Waals surface area contributed by atoms with Gasteiger partial charge in [0.15, 0.2) is 0 Å². The van der Waals surface area contributed by atoms with Crippen LogP contribution < -0.4 is 5.73 Å². The van der Waals surface area contributed by atoms with Gasteiger partial charge >= 0.3 is 0 Å². The summed E-state index contributed by atoms with van der Waals surface area (Å²) in [6.07, 6.45) is 5.72. The zero-order chi connectivity index (χ0) is 15.4. The second-order valence-electron chi connectivity index (χ2n) is 6.18. The highest BCUT2D eigenvalue weighted by molar-refractivity contribution is 5.42. The molecule has 0 saturated carbocycles. The van der Waals surface area contributed by atoms with E-state index in [9.17, 15) is 0 Å². The zero-order valence-electron chi connectivity index (χ0n) is 14.1. The topological polar surface area (TPSA) is 35.2 Å². The monoisotopic (exact) mass is 289 g/mol. The Morgan fingerprint density at radius 3 is 2.19 bits per heavy atom. The van der Waals surface area contributed by atoms with Gasteiger partial charge < -0.3 is 10.5 Å². The molecule has 0 spiro atoms. The van der Waals surface area contributed by atoms with Crippen LogP contribution in [0, 0.1) is 5.92 Å². The fraction of sp³-hybridized carbons (Fsp3) is 0.684. The molecule has 0 radical (unpaired) electrons. The van der Waals surface area contributed by atoms with Crippen molar-refractivity contribution < 1.29 is 4.74 Å². The summed E-state index contributed by atoms with van der Waals surface area (Å²) in [7, 11) is 0. The average Bonchev–Trinajstić information content (AvgIpc) is 3.01. The largest absolute Gasteiger partial charge is 0.378 e. The summed E-state index contributed by atoms with van der Waals surface area (Å²) >= 11 is 0. The fourth-order valence-electron chi connectivity index (χ4n) is 3.78. The van der Waals surface area contributed by atoms with Crippen molar-refractivity contribution in [3.63, 3.8) is 0 Å². The molecule has 0 aliphatic carbocycles. The molecule has 1 aromatic carbocycles. The van der Waals surface area contributed by atoms with Crippen molar-refractivity contribution >= 4 is 0 Å². The lowest BCUT2D eigenvalue weighted by Crippen LogP contribution is -2.29. The number of rotatable bonds is 6. The van der Waals surface area contributed by atoms with Gasteiger partial charge in [0.25, 0.3) is 0 Å². The maximum absolute atomic E-state index is 6.73. The molecule has 118 valence electrons. The van der Waals surface area contributed by atoms with Gasteiger partial charge in [-0.1, -0.05) is 39.8 Å². The van der Waals surface area contributed by atoms with E-state index in [0.29, 0.717) is 12.0 Å². The molecule has 21 heavy (non-hydrogen) atoms. The molecule has 1 aliphatic rings. The van der Waals surface area contributed by atoms with E-state index < -0.39 is 0 Å². The number of hydrogen-bond donors (Lipinski definition) is 1. The SMILES string of the molecule is CCc1cc(CC)c(C(N)C2CCOC2CC)c(CC)c1. The Balaban J connectivity index is 2.41. The van der Waals surface area contributed by atoms with Gasteiger partial charge in [-0.15, -0.1) is 0 Å². The lowest BCUT2D eigenvalue weighted by atomic mass is 9.81. The van der Waals surface area contributed by atoms with Crippen molar-refractivity contribution in [3.05, 3.63) is 34.4 Å². The molecule has 1 fully saturated rings. The molecule has 2 nitrogen and oxygen atoms in total. The van der Waals surface area contributed by atoms with Crippen LogP contribution in [0.15, 0.2) is 12.1 Å². The van der Waals surface area contributed by atoms with E-state index in [1.54, 1.807) is 0 Å². The molecule has 0 aromatic heterocycles. The van der Waals surface area contributed by atoms with Crippen LogP contribution in [-0.4, -0.2) is 12.7 Å². The molecular weight excluding hydrogens is 258 g/mol. The van der Waals surface area contributed by atoms with E-state index in [1.165, 1.54) is 22.3 Å². The molecule has 1 saturated heterocycles. The van der Waals surface area contributed by atoms with Crippen LogP contribution in [-0.2, 0) is 24.0 Å². The second kappa shape index (κ2) is 7.42. The highest BCUT2D eigenvalue weighted by Crippen LogP contribution is 2.37. The third-order valence-corrected chi connectivity index (χ3v) is 5.04. The Hall–Kier alpha value is -0.860. The van der Waals surface area contributed by atoms with E-state index in [2.05, 4.69) is 39.8 Å². The van der Waals surface area contributed by atoms with Gasteiger partial charge in [-0.3, -0.25) is 0 Å². The molecule has 0 amide bonds. The standard InChI is InChI=1S/C19H31NO/c1-5-13-11-14(6-2)18(15(7-3)12-13)19(20)16-9-10-21-17(16)8-4/h11-12,16-17,19H,5-10,20H2,1-4H3. The number of aryl methyl sites for hydroxylation is 3. The highest BCUT2D eigenvalue weighted by Gasteiger charge is 2.34. The summed E-state index contributed by atoms with van der Waals surface area (Å²) < 4.78 is 5.87. The van der Waals surface area contributed by atoms with Crippen molar-refractivity contribution in [3.8, 4) is 0 Å². The Morgan fingerprint density at radius 2 is 1.71 bits per heavy atom. The Labute approximate surface area is 130 Å². The summed E-state index contributed by atoms with van der Waals surface area (Å²) in [5, 5.41) is 0. The number of benzene rings is 1. The minimum atomic E-state index is 0.119. The van der Waals surface area contributed by atoms with Crippen molar-refractivity contribution in [2.24, 2.45) is 11.7 Å². The molecule has 1 aliphatic heterocycles. The molecule has 3 atom stereocenters. The Morgan fingerprint density at radius 1 is 1.10 bits per heavy atom. The van der Waals surface area contributed by atoms with Gasteiger partial charge in [0.1, 0.15) is 0 Å². The molecule has 3 unspecified atom stereocenters. The third kappa shape index (κ3) is 3.32. The highest BCUT2D eigenvalue weighted by atomic mass is 16.5. The molecule has 1 heterocycles. The second-order valence-corrected chi connectivity index (χ2v) is 6.18. The Bertz CT molecular complexity index is 444. The maximum atomic E-state index is 6.73. The van der Waals surface area contributed by atoms with Crippen LogP contribution >= 0.6 is 0 Å². The smallest absolute Gasteiger partial charge is 0.0619 e. The number of nitrogens with two attached hydrogens (primary N) is 1. The van der Waals surface area contributed by atoms with E-state index in [4.69, 9.17) is 10.5 Å². The van der Waals surface area contributed by atoms with Gasteiger partial charge in [0.05, 0.1) is 6.10 Å². The summed E-state index contributed by atoms with van der Waals surface area (Å²) in [5.74, 6) is 0.470.